The summed E-state index contributed by atoms with van der Waals surface area (Å²) in [6.45, 7) is 4.33. The van der Waals surface area contributed by atoms with Crippen molar-refractivity contribution in [2.75, 3.05) is 13.1 Å². The number of piperidine rings is 1. The monoisotopic (exact) mass is 247 g/mol. The lowest BCUT2D eigenvalue weighted by Crippen LogP contribution is -2.28. The number of halogens is 1. The van der Waals surface area contributed by atoms with Gasteiger partial charge in [-0.25, -0.2) is 4.39 Å². The second kappa shape index (κ2) is 6.69. The molecule has 0 bridgehead atoms. The van der Waals surface area contributed by atoms with Crippen molar-refractivity contribution < 1.29 is 4.39 Å². The Morgan fingerprint density at radius 1 is 1.39 bits per heavy atom. The molecular weight excluding hydrogens is 225 g/mol. The van der Waals surface area contributed by atoms with Crippen LogP contribution in [0.5, 0.6) is 0 Å². The van der Waals surface area contributed by atoms with Crippen molar-refractivity contribution in [3.8, 4) is 0 Å². The largest absolute Gasteiger partial charge is 0.317 e. The molecule has 1 saturated heterocycles. The molecule has 0 aromatic heterocycles. The third-order valence-electron chi connectivity index (χ3n) is 3.59. The predicted octanol–water partition coefficient (Wildman–Crippen LogP) is 4.01. The highest BCUT2D eigenvalue weighted by atomic mass is 19.1. The van der Waals surface area contributed by atoms with Gasteiger partial charge in [0, 0.05) is 0 Å². The highest BCUT2D eigenvalue weighted by molar-refractivity contribution is 5.67. The summed E-state index contributed by atoms with van der Waals surface area (Å²) in [7, 11) is 0. The van der Waals surface area contributed by atoms with Crippen molar-refractivity contribution in [2.24, 2.45) is 5.92 Å². The Bertz CT molecular complexity index is 405. The van der Waals surface area contributed by atoms with Crippen LogP contribution >= 0.6 is 0 Å². The van der Waals surface area contributed by atoms with Crippen LogP contribution in [-0.4, -0.2) is 13.1 Å². The van der Waals surface area contributed by atoms with E-state index in [2.05, 4.69) is 18.3 Å². The Morgan fingerprint density at radius 3 is 2.83 bits per heavy atom. The normalized spacial score (nSPS) is 18.0. The summed E-state index contributed by atoms with van der Waals surface area (Å²) in [5, 5.41) is 3.39. The van der Waals surface area contributed by atoms with Crippen LogP contribution in [0, 0.1) is 11.7 Å². The van der Waals surface area contributed by atoms with E-state index in [0.29, 0.717) is 5.92 Å². The Labute approximate surface area is 109 Å². The summed E-state index contributed by atoms with van der Waals surface area (Å²) >= 11 is 0. The first-order valence-electron chi connectivity index (χ1n) is 6.98. The number of nitrogens with one attached hydrogen (secondary N) is 1. The smallest absolute Gasteiger partial charge is 0.123 e. The molecule has 0 saturated carbocycles. The maximum Gasteiger partial charge on any atom is 0.123 e. The van der Waals surface area contributed by atoms with Gasteiger partial charge < -0.3 is 5.32 Å². The Balaban J connectivity index is 2.24. The molecule has 1 N–H and O–H groups in total. The van der Waals surface area contributed by atoms with Gasteiger partial charge in [-0.3, -0.25) is 0 Å². The molecule has 1 aliphatic rings. The summed E-state index contributed by atoms with van der Waals surface area (Å²) in [4.78, 5) is 0. The van der Waals surface area contributed by atoms with Gasteiger partial charge in [0.25, 0.3) is 0 Å². The zero-order valence-corrected chi connectivity index (χ0v) is 11.1. The van der Waals surface area contributed by atoms with E-state index in [4.69, 9.17) is 0 Å². The van der Waals surface area contributed by atoms with Crippen LogP contribution in [0.4, 0.5) is 4.39 Å². The third kappa shape index (κ3) is 3.42. The fraction of sp³-hybridized carbons (Fsp3) is 0.500. The first kappa shape index (κ1) is 13.3. The number of hydrogen-bond donors (Lipinski definition) is 1. The van der Waals surface area contributed by atoms with Gasteiger partial charge >= 0.3 is 0 Å². The maximum absolute atomic E-state index is 13.4. The molecule has 1 fully saturated rings. The first-order chi connectivity index (χ1) is 8.81. The number of hydrogen-bond acceptors (Lipinski definition) is 1. The molecule has 1 heterocycles. The second-order valence-corrected chi connectivity index (χ2v) is 4.98. The molecule has 0 amide bonds. The zero-order valence-electron chi connectivity index (χ0n) is 11.1. The van der Waals surface area contributed by atoms with Gasteiger partial charge in [0.15, 0.2) is 0 Å². The van der Waals surface area contributed by atoms with Crippen molar-refractivity contribution in [1.82, 2.24) is 5.32 Å². The molecule has 1 aromatic rings. The molecule has 0 aliphatic carbocycles. The SMILES string of the molecule is CCCC=C(c1cccc(F)c1)C1CCNCC1. The van der Waals surface area contributed by atoms with Crippen molar-refractivity contribution in [2.45, 2.75) is 32.6 Å². The summed E-state index contributed by atoms with van der Waals surface area (Å²) < 4.78 is 13.4. The van der Waals surface area contributed by atoms with Crippen molar-refractivity contribution >= 4 is 5.57 Å². The minimum atomic E-state index is -0.135. The fourth-order valence-corrected chi connectivity index (χ4v) is 2.62. The van der Waals surface area contributed by atoms with E-state index in [0.717, 1.165) is 44.3 Å². The van der Waals surface area contributed by atoms with Gasteiger partial charge in [-0.2, -0.15) is 0 Å². The number of unbranched alkanes of at least 4 members (excludes halogenated alkanes) is 1. The van der Waals surface area contributed by atoms with E-state index >= 15 is 0 Å². The van der Waals surface area contributed by atoms with Gasteiger partial charge in [0.1, 0.15) is 5.82 Å². The summed E-state index contributed by atoms with van der Waals surface area (Å²) in [6.07, 6.45) is 6.85. The van der Waals surface area contributed by atoms with E-state index in [1.54, 1.807) is 6.07 Å². The van der Waals surface area contributed by atoms with Crippen LogP contribution in [0.25, 0.3) is 5.57 Å². The Kier molecular flexibility index (Phi) is 4.94. The first-order valence-corrected chi connectivity index (χ1v) is 6.98. The molecule has 1 nitrogen and oxygen atoms in total. The molecule has 0 unspecified atom stereocenters. The highest BCUT2D eigenvalue weighted by Crippen LogP contribution is 2.31. The minimum absolute atomic E-state index is 0.135. The summed E-state index contributed by atoms with van der Waals surface area (Å²) in [6, 6.07) is 7.03. The van der Waals surface area contributed by atoms with Crippen LogP contribution in [0.15, 0.2) is 30.3 Å². The average Bonchev–Trinajstić information content (AvgIpc) is 2.40. The molecule has 0 spiro atoms. The quantitative estimate of drug-likeness (QED) is 0.847. The number of rotatable bonds is 4. The van der Waals surface area contributed by atoms with Crippen LogP contribution < -0.4 is 5.32 Å². The van der Waals surface area contributed by atoms with Gasteiger partial charge in [-0.15, -0.1) is 0 Å². The van der Waals surface area contributed by atoms with Crippen molar-refractivity contribution in [3.05, 3.63) is 41.7 Å². The second-order valence-electron chi connectivity index (χ2n) is 4.98. The summed E-state index contributed by atoms with van der Waals surface area (Å²) in [5.74, 6) is 0.448. The standard InChI is InChI=1S/C16H22FN/c1-2-3-7-16(13-8-10-18-11-9-13)14-5-4-6-15(17)12-14/h4-7,12-13,18H,2-3,8-11H2,1H3. The zero-order chi connectivity index (χ0) is 12.8. The van der Waals surface area contributed by atoms with Gasteiger partial charge in [0.2, 0.25) is 0 Å². The molecule has 98 valence electrons. The molecule has 18 heavy (non-hydrogen) atoms. The van der Waals surface area contributed by atoms with Gasteiger partial charge in [-0.1, -0.05) is 31.6 Å². The molecule has 1 aromatic carbocycles. The van der Waals surface area contributed by atoms with E-state index in [-0.39, 0.29) is 5.82 Å². The topological polar surface area (TPSA) is 12.0 Å². The van der Waals surface area contributed by atoms with E-state index in [1.165, 1.54) is 11.6 Å². The average molecular weight is 247 g/mol. The van der Waals surface area contributed by atoms with Crippen LogP contribution in [0.3, 0.4) is 0 Å². The number of allylic oxidation sites excluding steroid dienone is 2. The van der Waals surface area contributed by atoms with Crippen molar-refractivity contribution in [3.63, 3.8) is 0 Å². The van der Waals surface area contributed by atoms with Crippen LogP contribution in [0.1, 0.15) is 38.2 Å². The minimum Gasteiger partial charge on any atom is -0.317 e. The lowest BCUT2D eigenvalue weighted by molar-refractivity contribution is 0.446. The molecule has 2 rings (SSSR count). The van der Waals surface area contributed by atoms with Crippen LogP contribution in [0.2, 0.25) is 0 Å². The fourth-order valence-electron chi connectivity index (χ4n) is 2.62. The molecule has 0 atom stereocenters. The van der Waals surface area contributed by atoms with Crippen LogP contribution in [-0.2, 0) is 0 Å². The Hall–Kier alpha value is -1.15. The Morgan fingerprint density at radius 2 is 2.17 bits per heavy atom. The highest BCUT2D eigenvalue weighted by Gasteiger charge is 2.18. The van der Waals surface area contributed by atoms with Crippen molar-refractivity contribution in [1.29, 1.82) is 0 Å². The number of benzene rings is 1. The maximum atomic E-state index is 13.4. The van der Waals surface area contributed by atoms with E-state index in [9.17, 15) is 4.39 Å². The van der Waals surface area contributed by atoms with E-state index < -0.39 is 0 Å². The summed E-state index contributed by atoms with van der Waals surface area (Å²) in [5.41, 5.74) is 2.41. The molecular formula is C16H22FN. The lowest BCUT2D eigenvalue weighted by Gasteiger charge is -2.26. The third-order valence-corrected chi connectivity index (χ3v) is 3.59. The van der Waals surface area contributed by atoms with Gasteiger partial charge in [-0.05, 0) is 61.5 Å². The molecule has 1 aliphatic heterocycles. The lowest BCUT2D eigenvalue weighted by atomic mass is 9.85. The molecule has 0 radical (unpaired) electrons. The van der Waals surface area contributed by atoms with Gasteiger partial charge in [0.05, 0.1) is 0 Å². The van der Waals surface area contributed by atoms with E-state index in [1.807, 2.05) is 12.1 Å². The molecule has 2 heteroatoms. The predicted molar refractivity (Wildman–Crippen MR) is 74.9 cm³/mol.